The van der Waals surface area contributed by atoms with Gasteiger partial charge in [0, 0.05) is 12.0 Å². The molecular weight excluding hydrogens is 650 g/mol. The molecule has 4 aromatic carbocycles. The van der Waals surface area contributed by atoms with Crippen LogP contribution in [0.4, 0.5) is 4.79 Å². The first-order valence-corrected chi connectivity index (χ1v) is 16.4. The van der Waals surface area contributed by atoms with Crippen LogP contribution in [0.15, 0.2) is 133 Å². The molecule has 0 aromatic heterocycles. The topological polar surface area (TPSA) is 149 Å². The third kappa shape index (κ3) is 11.1. The number of nitrogens with one attached hydrogen (secondary N) is 3. The van der Waals surface area contributed by atoms with Gasteiger partial charge in [0.15, 0.2) is 0 Å². The average Bonchev–Trinajstić information content (AvgIpc) is 3.16. The maximum Gasteiger partial charge on any atom is 0.408 e. The second-order valence-corrected chi connectivity index (χ2v) is 11.5. The van der Waals surface area contributed by atoms with Gasteiger partial charge in [-0.05, 0) is 35.6 Å². The first-order chi connectivity index (χ1) is 24.7. The molecule has 4 aromatic rings. The summed E-state index contributed by atoms with van der Waals surface area (Å²) in [6.07, 6.45) is -1.18. The van der Waals surface area contributed by atoms with Crippen molar-refractivity contribution in [3.05, 3.63) is 156 Å². The van der Waals surface area contributed by atoms with Gasteiger partial charge in [0.2, 0.25) is 11.8 Å². The van der Waals surface area contributed by atoms with Crippen LogP contribution in [0, 0.1) is 0 Å². The van der Waals surface area contributed by atoms with E-state index in [1.807, 2.05) is 97.1 Å². The molecule has 0 spiro atoms. The van der Waals surface area contributed by atoms with Crippen molar-refractivity contribution < 1.29 is 38.2 Å². The molecule has 11 nitrogen and oxygen atoms in total. The van der Waals surface area contributed by atoms with Crippen LogP contribution in [0.2, 0.25) is 0 Å². The summed E-state index contributed by atoms with van der Waals surface area (Å²) in [6.45, 7) is 3.97. The van der Waals surface area contributed by atoms with Crippen LogP contribution in [0.1, 0.15) is 42.0 Å². The number of benzene rings is 4. The van der Waals surface area contributed by atoms with E-state index in [0.717, 1.165) is 22.3 Å². The number of carbonyl (C=O) groups is 5. The molecule has 0 bridgehead atoms. The fourth-order valence-electron chi connectivity index (χ4n) is 5.25. The van der Waals surface area contributed by atoms with Crippen molar-refractivity contribution >= 4 is 29.8 Å². The highest BCUT2D eigenvalue weighted by atomic mass is 16.6. The molecule has 0 aliphatic heterocycles. The normalized spacial score (nSPS) is 11.3. The molecule has 51 heavy (non-hydrogen) atoms. The number of alkyl carbamates (subject to hydrolysis) is 1. The van der Waals surface area contributed by atoms with Crippen LogP contribution in [0.5, 0.6) is 0 Å². The quantitative estimate of drug-likeness (QED) is 0.0463. The molecular formula is C40H41N3O8. The number of esters is 2. The lowest BCUT2D eigenvalue weighted by atomic mass is 9.77. The van der Waals surface area contributed by atoms with Crippen LogP contribution < -0.4 is 16.0 Å². The molecule has 0 heterocycles. The summed E-state index contributed by atoms with van der Waals surface area (Å²) in [6, 6.07) is 36.4. The Labute approximate surface area is 297 Å². The Balaban J connectivity index is 1.48. The Morgan fingerprint density at radius 2 is 1.18 bits per heavy atom. The van der Waals surface area contributed by atoms with Gasteiger partial charge in [-0.2, -0.15) is 0 Å². The van der Waals surface area contributed by atoms with Gasteiger partial charge in [-0.3, -0.25) is 14.4 Å². The molecule has 0 aliphatic rings. The standard InChI is InChI=1S/C40H41N3O8/c1-29(2)38(47)50-26-25-49-36(45)27-41-37(46)34(42-39(48)51-28-30-15-7-3-8-16-30)23-24-35(44)43-40(31-17-9-4-10-18-31,32-19-11-5-12-20-32)33-21-13-6-14-22-33/h3-22,34H,1,23-28H2,2H3,(H,41,46)(H,42,48)(H,43,44)/t34-/m0/s1. The molecule has 0 unspecified atom stereocenters. The third-order valence-electron chi connectivity index (χ3n) is 7.76. The fraction of sp³-hybridized carbons (Fsp3) is 0.225. The predicted octanol–water partition coefficient (Wildman–Crippen LogP) is 4.95. The van der Waals surface area contributed by atoms with Crippen molar-refractivity contribution in [2.45, 2.75) is 38.0 Å². The van der Waals surface area contributed by atoms with E-state index in [4.69, 9.17) is 14.2 Å². The van der Waals surface area contributed by atoms with E-state index in [0.29, 0.717) is 0 Å². The van der Waals surface area contributed by atoms with E-state index in [9.17, 15) is 24.0 Å². The van der Waals surface area contributed by atoms with Crippen molar-refractivity contribution in [1.29, 1.82) is 0 Å². The van der Waals surface area contributed by atoms with E-state index in [-0.39, 0.29) is 38.2 Å². The number of hydrogen-bond donors (Lipinski definition) is 3. The highest BCUT2D eigenvalue weighted by Gasteiger charge is 2.38. The zero-order chi connectivity index (χ0) is 36.5. The molecule has 1 atom stereocenters. The van der Waals surface area contributed by atoms with Gasteiger partial charge >= 0.3 is 18.0 Å². The van der Waals surface area contributed by atoms with Gasteiger partial charge in [0.05, 0.1) is 0 Å². The summed E-state index contributed by atoms with van der Waals surface area (Å²) >= 11 is 0. The molecule has 264 valence electrons. The molecule has 4 rings (SSSR count). The molecule has 0 fully saturated rings. The van der Waals surface area contributed by atoms with E-state index in [1.165, 1.54) is 6.92 Å². The Morgan fingerprint density at radius 3 is 1.69 bits per heavy atom. The number of carbonyl (C=O) groups excluding carboxylic acids is 5. The maximum atomic E-state index is 13.9. The lowest BCUT2D eigenvalue weighted by molar-refractivity contribution is -0.149. The Kier molecular flexibility index (Phi) is 14.1. The van der Waals surface area contributed by atoms with Crippen molar-refractivity contribution in [3.63, 3.8) is 0 Å². The van der Waals surface area contributed by atoms with Crippen molar-refractivity contribution in [2.24, 2.45) is 0 Å². The minimum atomic E-state index is -1.25. The molecule has 0 radical (unpaired) electrons. The largest absolute Gasteiger partial charge is 0.461 e. The van der Waals surface area contributed by atoms with Crippen molar-refractivity contribution in [2.75, 3.05) is 19.8 Å². The van der Waals surface area contributed by atoms with Crippen LogP contribution in [-0.2, 0) is 45.5 Å². The average molecular weight is 692 g/mol. The smallest absolute Gasteiger partial charge is 0.408 e. The summed E-state index contributed by atoms with van der Waals surface area (Å²) in [5, 5.41) is 8.21. The minimum Gasteiger partial charge on any atom is -0.461 e. The molecule has 0 saturated heterocycles. The summed E-state index contributed by atoms with van der Waals surface area (Å²) in [4.78, 5) is 63.8. The van der Waals surface area contributed by atoms with E-state index in [2.05, 4.69) is 22.5 Å². The third-order valence-corrected chi connectivity index (χ3v) is 7.76. The van der Waals surface area contributed by atoms with E-state index >= 15 is 0 Å². The second kappa shape index (κ2) is 19.1. The lowest BCUT2D eigenvalue weighted by Gasteiger charge is -2.37. The summed E-state index contributed by atoms with van der Waals surface area (Å²) in [7, 11) is 0. The van der Waals surface area contributed by atoms with Crippen molar-refractivity contribution in [1.82, 2.24) is 16.0 Å². The van der Waals surface area contributed by atoms with E-state index < -0.39 is 48.0 Å². The highest BCUT2D eigenvalue weighted by Crippen LogP contribution is 2.37. The first-order valence-electron chi connectivity index (χ1n) is 16.4. The first kappa shape index (κ1) is 37.6. The molecule has 11 heteroatoms. The fourth-order valence-corrected chi connectivity index (χ4v) is 5.25. The summed E-state index contributed by atoms with van der Waals surface area (Å²) < 4.78 is 15.2. The Bertz CT molecular complexity index is 1670. The zero-order valence-corrected chi connectivity index (χ0v) is 28.3. The van der Waals surface area contributed by atoms with Gasteiger partial charge in [-0.1, -0.05) is 128 Å². The van der Waals surface area contributed by atoms with Crippen LogP contribution >= 0.6 is 0 Å². The number of ether oxygens (including phenoxy) is 3. The lowest BCUT2D eigenvalue weighted by Crippen LogP contribution is -2.50. The van der Waals surface area contributed by atoms with E-state index in [1.54, 1.807) is 24.3 Å². The second-order valence-electron chi connectivity index (χ2n) is 11.5. The number of rotatable bonds is 17. The number of amides is 3. The molecule has 0 aliphatic carbocycles. The van der Waals surface area contributed by atoms with Crippen molar-refractivity contribution in [3.8, 4) is 0 Å². The number of hydrogen-bond acceptors (Lipinski definition) is 8. The monoisotopic (exact) mass is 691 g/mol. The highest BCUT2D eigenvalue weighted by molar-refractivity contribution is 5.89. The zero-order valence-electron chi connectivity index (χ0n) is 28.3. The summed E-state index contributed by atoms with van der Waals surface area (Å²) in [5.74, 6) is -2.54. The van der Waals surface area contributed by atoms with Gasteiger partial charge in [-0.15, -0.1) is 0 Å². The van der Waals surface area contributed by atoms with Gasteiger partial charge in [0.25, 0.3) is 0 Å². The molecule has 0 saturated carbocycles. The van der Waals surface area contributed by atoms with Crippen LogP contribution in [-0.4, -0.2) is 55.6 Å². The van der Waals surface area contributed by atoms with Crippen LogP contribution in [0.3, 0.4) is 0 Å². The van der Waals surface area contributed by atoms with Gasteiger partial charge in [-0.25, -0.2) is 9.59 Å². The maximum absolute atomic E-state index is 13.9. The minimum absolute atomic E-state index is 0.0441. The SMILES string of the molecule is C=C(C)C(=O)OCCOC(=O)CNC(=O)[C@H](CCC(=O)NC(c1ccccc1)(c1ccccc1)c1ccccc1)NC(=O)OCc1ccccc1. The molecule has 3 N–H and O–H groups in total. The van der Waals surface area contributed by atoms with Crippen LogP contribution in [0.25, 0.3) is 0 Å². The molecule has 3 amide bonds. The predicted molar refractivity (Wildman–Crippen MR) is 190 cm³/mol. The Hall–Kier alpha value is -6.23. The summed E-state index contributed by atoms with van der Waals surface area (Å²) in [5.41, 5.74) is 2.32. The van der Waals surface area contributed by atoms with Gasteiger partial charge in [0.1, 0.15) is 37.9 Å². The van der Waals surface area contributed by atoms with Gasteiger partial charge < -0.3 is 30.2 Å². The Morgan fingerprint density at radius 1 is 0.686 bits per heavy atom.